The molecule has 0 aliphatic heterocycles. The van der Waals surface area contributed by atoms with Gasteiger partial charge >= 0.3 is 7.82 Å². The molecule has 2 atom stereocenters. The monoisotopic (exact) mass is 519 g/mol. The summed E-state index contributed by atoms with van der Waals surface area (Å²) in [6.45, 7) is 4.90. The van der Waals surface area contributed by atoms with Gasteiger partial charge in [-0.05, 0) is 46.3 Å². The Kier molecular flexibility index (Phi) is 23.9. The van der Waals surface area contributed by atoms with E-state index < -0.39 is 7.82 Å². The quantitative estimate of drug-likeness (QED) is 0.0868. The highest BCUT2D eigenvalue weighted by Gasteiger charge is 2.23. The molecule has 0 radical (unpaired) electrons. The zero-order valence-corrected chi connectivity index (χ0v) is 24.5. The van der Waals surface area contributed by atoms with Crippen LogP contribution in [0.4, 0.5) is 0 Å². The minimum absolute atomic E-state index is 0.0232. The fourth-order valence-corrected chi connectivity index (χ4v) is 5.26. The number of phosphoric acid groups is 1. The summed E-state index contributed by atoms with van der Waals surface area (Å²) in [5.41, 5.74) is 0. The van der Waals surface area contributed by atoms with Gasteiger partial charge in [-0.2, -0.15) is 0 Å². The van der Waals surface area contributed by atoms with E-state index in [0.717, 1.165) is 25.8 Å². The Morgan fingerprint density at radius 3 is 1.66 bits per heavy atom. The van der Waals surface area contributed by atoms with Crippen LogP contribution >= 0.6 is 7.82 Å². The molecule has 0 bridgehead atoms. The third-order valence-electron chi connectivity index (χ3n) is 6.52. The van der Waals surface area contributed by atoms with Crippen molar-refractivity contribution in [3.8, 4) is 0 Å². The van der Waals surface area contributed by atoms with Crippen LogP contribution in [0.15, 0.2) is 0 Å². The largest absolute Gasteiger partial charge is 0.472 e. The van der Waals surface area contributed by atoms with Gasteiger partial charge in [0.2, 0.25) is 0 Å². The number of unbranched alkanes of at least 4 members (excludes halogenated alkanes) is 15. The first kappa shape index (κ1) is 34.7. The highest BCUT2D eigenvalue weighted by atomic mass is 31.2. The number of ketones is 1. The van der Waals surface area contributed by atoms with E-state index in [2.05, 4.69) is 6.92 Å². The second-order valence-corrected chi connectivity index (χ2v) is 12.1. The van der Waals surface area contributed by atoms with Gasteiger partial charge in [0, 0.05) is 6.42 Å². The lowest BCUT2D eigenvalue weighted by atomic mass is 9.96. The molecule has 1 N–H and O–H groups in total. The van der Waals surface area contributed by atoms with Crippen LogP contribution in [0.5, 0.6) is 0 Å². The summed E-state index contributed by atoms with van der Waals surface area (Å²) >= 11 is 0. The second-order valence-electron chi connectivity index (χ2n) is 10.6. The molecule has 0 amide bonds. The molecule has 0 aromatic rings. The molecular formula is C28H58NO5P. The second kappa shape index (κ2) is 24.1. The van der Waals surface area contributed by atoms with Crippen molar-refractivity contribution in [3.05, 3.63) is 0 Å². The molecule has 7 heteroatoms. The molecule has 0 fully saturated rings. The van der Waals surface area contributed by atoms with E-state index in [0.29, 0.717) is 12.8 Å². The summed E-state index contributed by atoms with van der Waals surface area (Å²) in [5, 5.41) is 0. The topological polar surface area (TPSA) is 76.1 Å². The number of carbonyl (C=O) groups excluding carboxylic acids is 1. The third kappa shape index (κ3) is 26.6. The van der Waals surface area contributed by atoms with Crippen LogP contribution in [0.1, 0.15) is 136 Å². The highest BCUT2D eigenvalue weighted by molar-refractivity contribution is 7.47. The first-order chi connectivity index (χ1) is 16.8. The number of Topliss-reactive ketones (excluding diaryl/α,β-unsaturated/α-hetero) is 1. The molecule has 2 unspecified atom stereocenters. The van der Waals surface area contributed by atoms with Gasteiger partial charge < -0.3 is 14.6 Å². The van der Waals surface area contributed by atoms with Crippen LogP contribution in [0, 0.1) is 5.92 Å². The molecule has 35 heavy (non-hydrogen) atoms. The maximum Gasteiger partial charge on any atom is 0.472 e. The van der Waals surface area contributed by atoms with Gasteiger partial charge in [-0.15, -0.1) is 0 Å². The molecule has 210 valence electrons. The van der Waals surface area contributed by atoms with Crippen LogP contribution in [0.3, 0.4) is 0 Å². The number of hydrogen-bond acceptors (Lipinski definition) is 5. The fraction of sp³-hybridized carbons (Fsp3) is 0.964. The van der Waals surface area contributed by atoms with Crippen LogP contribution in [-0.2, 0) is 18.4 Å². The van der Waals surface area contributed by atoms with E-state index in [1.165, 1.54) is 89.9 Å². The van der Waals surface area contributed by atoms with Crippen molar-refractivity contribution in [1.29, 1.82) is 0 Å². The van der Waals surface area contributed by atoms with Crippen molar-refractivity contribution in [2.24, 2.45) is 5.92 Å². The molecule has 0 aliphatic rings. The molecule has 0 rings (SSSR count). The first-order valence-electron chi connectivity index (χ1n) is 14.5. The summed E-state index contributed by atoms with van der Waals surface area (Å²) in [6, 6.07) is 0. The molecule has 0 heterocycles. The number of rotatable bonds is 27. The zero-order chi connectivity index (χ0) is 26.2. The van der Waals surface area contributed by atoms with E-state index in [-0.39, 0.29) is 24.9 Å². The van der Waals surface area contributed by atoms with Gasteiger partial charge in [0.15, 0.2) is 0 Å². The van der Waals surface area contributed by atoms with Crippen LogP contribution in [-0.4, -0.2) is 49.4 Å². The molecule has 0 aliphatic carbocycles. The number of hydrogen-bond donors (Lipinski definition) is 1. The van der Waals surface area contributed by atoms with Crippen molar-refractivity contribution in [2.45, 2.75) is 136 Å². The predicted octanol–water partition coefficient (Wildman–Crippen LogP) is 8.32. The van der Waals surface area contributed by atoms with Gasteiger partial charge in [0.05, 0.1) is 13.2 Å². The fourth-order valence-electron chi connectivity index (χ4n) is 4.43. The van der Waals surface area contributed by atoms with Gasteiger partial charge in [0.1, 0.15) is 5.78 Å². The van der Waals surface area contributed by atoms with Gasteiger partial charge in [-0.25, -0.2) is 4.57 Å². The van der Waals surface area contributed by atoms with Crippen LogP contribution < -0.4 is 0 Å². The molecule has 0 saturated heterocycles. The molecule has 0 saturated carbocycles. The smallest absolute Gasteiger partial charge is 0.309 e. The summed E-state index contributed by atoms with van der Waals surface area (Å²) in [5.74, 6) is 0.0692. The van der Waals surface area contributed by atoms with E-state index in [9.17, 15) is 14.3 Å². The average Bonchev–Trinajstić information content (AvgIpc) is 2.79. The van der Waals surface area contributed by atoms with Crippen molar-refractivity contribution >= 4 is 13.6 Å². The summed E-state index contributed by atoms with van der Waals surface area (Å²) in [7, 11) is -0.167. The summed E-state index contributed by atoms with van der Waals surface area (Å²) in [6.07, 6.45) is 23.2. The third-order valence-corrected chi connectivity index (χ3v) is 7.50. The van der Waals surface area contributed by atoms with E-state index in [1.54, 1.807) is 6.92 Å². The van der Waals surface area contributed by atoms with Crippen LogP contribution in [0.25, 0.3) is 0 Å². The Bertz CT molecular complexity index is 529. The lowest BCUT2D eigenvalue weighted by Gasteiger charge is -2.18. The first-order valence-corrected chi connectivity index (χ1v) is 16.0. The van der Waals surface area contributed by atoms with Crippen molar-refractivity contribution in [2.75, 3.05) is 33.9 Å². The Morgan fingerprint density at radius 1 is 0.771 bits per heavy atom. The van der Waals surface area contributed by atoms with Gasteiger partial charge in [0.25, 0.3) is 0 Å². The average molecular weight is 520 g/mol. The standard InChI is InChI=1S/C28H58NO5P/c1-5-6-7-8-9-10-11-12-13-14-15-16-17-18-19-20-22-28(25-27(2)30)26-34-35(31,32)33-24-21-23-29(3)4/h28H,5-26H2,1-4H3,(H,31,32). The predicted molar refractivity (Wildman–Crippen MR) is 148 cm³/mol. The number of nitrogens with zero attached hydrogens (tertiary/aromatic N) is 1. The SMILES string of the molecule is CCCCCCCCCCCCCCCCCCC(COP(=O)(O)OCCCN(C)C)CC(C)=O. The summed E-state index contributed by atoms with van der Waals surface area (Å²) < 4.78 is 22.3. The molecule has 0 aromatic heterocycles. The molecule has 6 nitrogen and oxygen atoms in total. The molecular weight excluding hydrogens is 461 g/mol. The minimum atomic E-state index is -4.06. The van der Waals surface area contributed by atoms with Gasteiger partial charge in [-0.3, -0.25) is 9.05 Å². The van der Waals surface area contributed by atoms with E-state index >= 15 is 0 Å². The lowest BCUT2D eigenvalue weighted by molar-refractivity contribution is -0.118. The van der Waals surface area contributed by atoms with Crippen LogP contribution in [0.2, 0.25) is 0 Å². The lowest BCUT2D eigenvalue weighted by Crippen LogP contribution is -2.15. The Hall–Kier alpha value is -0.260. The van der Waals surface area contributed by atoms with Crippen molar-refractivity contribution in [3.63, 3.8) is 0 Å². The van der Waals surface area contributed by atoms with Crippen molar-refractivity contribution < 1.29 is 23.3 Å². The maximum absolute atomic E-state index is 12.1. The van der Waals surface area contributed by atoms with Gasteiger partial charge in [-0.1, -0.05) is 110 Å². The number of carbonyl (C=O) groups is 1. The Morgan fingerprint density at radius 2 is 1.23 bits per heavy atom. The summed E-state index contributed by atoms with van der Waals surface area (Å²) in [4.78, 5) is 23.5. The normalized spacial score (nSPS) is 14.3. The Labute approximate surface area is 217 Å². The Balaban J connectivity index is 3.74. The maximum atomic E-state index is 12.1. The molecule has 0 aromatic carbocycles. The molecule has 0 spiro atoms. The van der Waals surface area contributed by atoms with E-state index in [1.807, 2.05) is 19.0 Å². The number of phosphoric ester groups is 1. The zero-order valence-electron chi connectivity index (χ0n) is 23.6. The van der Waals surface area contributed by atoms with Crippen molar-refractivity contribution in [1.82, 2.24) is 4.90 Å². The highest BCUT2D eigenvalue weighted by Crippen LogP contribution is 2.44. The van der Waals surface area contributed by atoms with E-state index in [4.69, 9.17) is 9.05 Å². The minimum Gasteiger partial charge on any atom is -0.309 e.